The lowest BCUT2D eigenvalue weighted by atomic mass is 10.1. The quantitative estimate of drug-likeness (QED) is 0.816. The monoisotopic (exact) mass is 260 g/mol. The van der Waals surface area contributed by atoms with E-state index in [0.717, 1.165) is 0 Å². The first-order valence-electron chi connectivity index (χ1n) is 4.41. The van der Waals surface area contributed by atoms with Crippen molar-refractivity contribution < 1.29 is 9.50 Å². The van der Waals surface area contributed by atoms with Gasteiger partial charge in [-0.15, -0.1) is 0 Å². The van der Waals surface area contributed by atoms with Crippen LogP contribution in [0.3, 0.4) is 0 Å². The van der Waals surface area contributed by atoms with Crippen molar-refractivity contribution in [1.29, 1.82) is 0 Å². The van der Waals surface area contributed by atoms with Gasteiger partial charge in [-0.3, -0.25) is 0 Å². The summed E-state index contributed by atoms with van der Waals surface area (Å²) in [5.74, 6) is -0.164. The minimum atomic E-state index is -0.554. The number of aliphatic hydroxyl groups excluding tert-OH is 1. The van der Waals surface area contributed by atoms with E-state index in [2.05, 4.69) is 9.97 Å². The molecule has 0 spiro atoms. The molecule has 0 atom stereocenters. The van der Waals surface area contributed by atoms with Gasteiger partial charge in [-0.05, 0) is 12.1 Å². The predicted octanol–water partition coefficient (Wildman–Crippen LogP) is 3.01. The molecule has 1 heterocycles. The van der Waals surface area contributed by atoms with Crippen LogP contribution in [0.2, 0.25) is 10.0 Å². The molecule has 2 aromatic rings. The zero-order valence-corrected chi connectivity index (χ0v) is 9.48. The van der Waals surface area contributed by atoms with E-state index in [1.807, 2.05) is 0 Å². The Balaban J connectivity index is 2.51. The van der Waals surface area contributed by atoms with Crippen LogP contribution in [0.4, 0.5) is 4.39 Å². The van der Waals surface area contributed by atoms with Gasteiger partial charge in [-0.1, -0.05) is 23.2 Å². The molecule has 0 aliphatic carbocycles. The van der Waals surface area contributed by atoms with E-state index >= 15 is 0 Å². The Morgan fingerprint density at radius 2 is 2.06 bits per heavy atom. The predicted molar refractivity (Wildman–Crippen MR) is 59.9 cm³/mol. The highest BCUT2D eigenvalue weighted by atomic mass is 35.5. The van der Waals surface area contributed by atoms with Gasteiger partial charge in [0.15, 0.2) is 0 Å². The van der Waals surface area contributed by atoms with Crippen molar-refractivity contribution in [3.63, 3.8) is 0 Å². The lowest BCUT2D eigenvalue weighted by Crippen LogP contribution is -1.87. The number of rotatable bonds is 2. The highest BCUT2D eigenvalue weighted by molar-refractivity contribution is 6.36. The summed E-state index contributed by atoms with van der Waals surface area (Å²) >= 11 is 11.5. The molecule has 1 aromatic heterocycles. The maximum Gasteiger partial charge on any atom is 0.142 e. The van der Waals surface area contributed by atoms with Gasteiger partial charge in [-0.25, -0.2) is 9.37 Å². The van der Waals surface area contributed by atoms with E-state index in [-0.39, 0.29) is 11.6 Å². The van der Waals surface area contributed by atoms with Crippen molar-refractivity contribution in [1.82, 2.24) is 9.97 Å². The SMILES string of the molecule is OCc1ncc(-c2cc(F)c(Cl)cc2Cl)[nH]1. The summed E-state index contributed by atoms with van der Waals surface area (Å²) in [4.78, 5) is 6.70. The molecule has 16 heavy (non-hydrogen) atoms. The Labute approximate surface area is 101 Å². The molecule has 1 aromatic carbocycles. The number of aromatic nitrogens is 2. The molecular formula is C10H7Cl2FN2O. The van der Waals surface area contributed by atoms with Crippen molar-refractivity contribution >= 4 is 23.2 Å². The van der Waals surface area contributed by atoms with Gasteiger partial charge < -0.3 is 10.1 Å². The second kappa shape index (κ2) is 4.41. The van der Waals surface area contributed by atoms with Crippen molar-refractivity contribution in [2.45, 2.75) is 6.61 Å². The van der Waals surface area contributed by atoms with E-state index in [1.54, 1.807) is 0 Å². The van der Waals surface area contributed by atoms with Crippen LogP contribution in [-0.4, -0.2) is 15.1 Å². The van der Waals surface area contributed by atoms with Gasteiger partial charge in [0.25, 0.3) is 0 Å². The fourth-order valence-corrected chi connectivity index (χ4v) is 1.79. The van der Waals surface area contributed by atoms with Crippen LogP contribution in [-0.2, 0) is 6.61 Å². The minimum Gasteiger partial charge on any atom is -0.388 e. The Bertz CT molecular complexity index is 528. The normalized spacial score (nSPS) is 10.8. The third-order valence-electron chi connectivity index (χ3n) is 2.08. The Hall–Kier alpha value is -1.10. The van der Waals surface area contributed by atoms with Gasteiger partial charge >= 0.3 is 0 Å². The van der Waals surface area contributed by atoms with Crippen molar-refractivity contribution in [2.24, 2.45) is 0 Å². The van der Waals surface area contributed by atoms with Crippen LogP contribution in [0.15, 0.2) is 18.3 Å². The Kier molecular flexibility index (Phi) is 3.14. The maximum absolute atomic E-state index is 13.3. The molecule has 0 saturated heterocycles. The molecule has 84 valence electrons. The number of aromatic amines is 1. The van der Waals surface area contributed by atoms with E-state index in [0.29, 0.717) is 22.1 Å². The molecule has 0 amide bonds. The van der Waals surface area contributed by atoms with Crippen LogP contribution in [0.5, 0.6) is 0 Å². The summed E-state index contributed by atoms with van der Waals surface area (Å²) in [5.41, 5.74) is 0.986. The van der Waals surface area contributed by atoms with Gasteiger partial charge in [0.05, 0.1) is 21.9 Å². The largest absolute Gasteiger partial charge is 0.388 e. The molecule has 0 radical (unpaired) electrons. The van der Waals surface area contributed by atoms with Gasteiger partial charge in [-0.2, -0.15) is 0 Å². The zero-order chi connectivity index (χ0) is 11.7. The topological polar surface area (TPSA) is 48.9 Å². The number of hydrogen-bond acceptors (Lipinski definition) is 2. The van der Waals surface area contributed by atoms with E-state index < -0.39 is 5.82 Å². The van der Waals surface area contributed by atoms with Gasteiger partial charge in [0.1, 0.15) is 18.2 Å². The summed E-state index contributed by atoms with van der Waals surface area (Å²) in [7, 11) is 0. The van der Waals surface area contributed by atoms with Crippen LogP contribution in [0.25, 0.3) is 11.3 Å². The van der Waals surface area contributed by atoms with Crippen LogP contribution < -0.4 is 0 Å². The fourth-order valence-electron chi connectivity index (χ4n) is 1.31. The molecule has 0 saturated carbocycles. The maximum atomic E-state index is 13.3. The molecule has 0 bridgehead atoms. The number of imidazole rings is 1. The summed E-state index contributed by atoms with van der Waals surface area (Å²) in [5, 5.41) is 9.13. The number of benzene rings is 1. The summed E-state index contributed by atoms with van der Waals surface area (Å²) in [6, 6.07) is 2.55. The van der Waals surface area contributed by atoms with Crippen LogP contribution in [0, 0.1) is 5.82 Å². The second-order valence-electron chi connectivity index (χ2n) is 3.15. The number of halogens is 3. The molecule has 0 aliphatic heterocycles. The molecule has 2 rings (SSSR count). The third kappa shape index (κ3) is 2.04. The van der Waals surface area contributed by atoms with E-state index in [4.69, 9.17) is 28.3 Å². The number of hydrogen-bond donors (Lipinski definition) is 2. The number of nitrogens with one attached hydrogen (secondary N) is 1. The second-order valence-corrected chi connectivity index (χ2v) is 3.96. The standard InChI is InChI=1S/C10H7Cl2FN2O/c11-6-2-7(12)8(13)1-5(6)9-3-14-10(4-16)15-9/h1-3,16H,4H2,(H,14,15). The van der Waals surface area contributed by atoms with Crippen molar-refractivity contribution in [3.05, 3.63) is 40.0 Å². The summed E-state index contributed by atoms with van der Waals surface area (Å²) in [6.45, 7) is -0.215. The van der Waals surface area contributed by atoms with Crippen molar-refractivity contribution in [3.8, 4) is 11.3 Å². The Morgan fingerprint density at radius 1 is 1.31 bits per heavy atom. The fraction of sp³-hybridized carbons (Fsp3) is 0.100. The van der Waals surface area contributed by atoms with Crippen molar-refractivity contribution in [2.75, 3.05) is 0 Å². The first-order valence-corrected chi connectivity index (χ1v) is 5.17. The molecule has 0 unspecified atom stereocenters. The number of H-pyrrole nitrogens is 1. The molecule has 0 aliphatic rings. The molecule has 0 fully saturated rings. The lowest BCUT2D eigenvalue weighted by Gasteiger charge is -2.03. The summed E-state index contributed by atoms with van der Waals surface area (Å²) in [6.07, 6.45) is 1.47. The average Bonchev–Trinajstić information content (AvgIpc) is 2.71. The lowest BCUT2D eigenvalue weighted by molar-refractivity contribution is 0.272. The van der Waals surface area contributed by atoms with E-state index in [9.17, 15) is 4.39 Å². The van der Waals surface area contributed by atoms with Crippen LogP contribution >= 0.6 is 23.2 Å². The van der Waals surface area contributed by atoms with Gasteiger partial charge in [0.2, 0.25) is 0 Å². The number of nitrogens with zero attached hydrogens (tertiary/aromatic N) is 1. The van der Waals surface area contributed by atoms with E-state index in [1.165, 1.54) is 18.3 Å². The first kappa shape index (κ1) is 11.4. The highest BCUT2D eigenvalue weighted by Crippen LogP contribution is 2.31. The molecule has 3 nitrogen and oxygen atoms in total. The highest BCUT2D eigenvalue weighted by Gasteiger charge is 2.11. The zero-order valence-electron chi connectivity index (χ0n) is 7.97. The summed E-state index contributed by atoms with van der Waals surface area (Å²) < 4.78 is 13.3. The number of aliphatic hydroxyl groups is 1. The smallest absolute Gasteiger partial charge is 0.142 e. The molecular weight excluding hydrogens is 254 g/mol. The third-order valence-corrected chi connectivity index (χ3v) is 2.68. The molecule has 6 heteroatoms. The molecule has 2 N–H and O–H groups in total. The van der Waals surface area contributed by atoms with Crippen LogP contribution in [0.1, 0.15) is 5.82 Å². The minimum absolute atomic E-state index is 0.0318. The average molecular weight is 261 g/mol. The first-order chi connectivity index (χ1) is 7.61. The van der Waals surface area contributed by atoms with Gasteiger partial charge in [0, 0.05) is 5.56 Å². The Morgan fingerprint density at radius 3 is 2.69 bits per heavy atom.